The van der Waals surface area contributed by atoms with E-state index in [1.807, 2.05) is 36.4 Å². The molecule has 0 saturated carbocycles. The van der Waals surface area contributed by atoms with Crippen LogP contribution in [0.3, 0.4) is 0 Å². The fourth-order valence-electron chi connectivity index (χ4n) is 3.36. The number of rotatable bonds is 10. The molecule has 3 unspecified atom stereocenters. The van der Waals surface area contributed by atoms with Crippen LogP contribution in [0.25, 0.3) is 10.4 Å². The quantitative estimate of drug-likeness (QED) is 0.326. The molecule has 2 aromatic carbocycles. The number of azide groups is 1. The highest BCUT2D eigenvalue weighted by atomic mass is 16.6. The Morgan fingerprint density at radius 1 is 0.938 bits per heavy atom. The van der Waals surface area contributed by atoms with Crippen LogP contribution in [0.4, 0.5) is 0 Å². The molecular formula is C22H27N3O7. The van der Waals surface area contributed by atoms with Crippen LogP contribution in [0.1, 0.15) is 11.1 Å². The largest absolute Gasteiger partial charge is 0.497 e. The molecule has 2 N–H and O–H groups in total. The molecule has 1 heterocycles. The van der Waals surface area contributed by atoms with Gasteiger partial charge in [-0.3, -0.25) is 0 Å². The third-order valence-corrected chi connectivity index (χ3v) is 5.16. The first-order valence-corrected chi connectivity index (χ1v) is 10.1. The molecule has 1 fully saturated rings. The van der Waals surface area contributed by atoms with Gasteiger partial charge < -0.3 is 33.9 Å². The maximum absolute atomic E-state index is 10.8. The van der Waals surface area contributed by atoms with Crippen molar-refractivity contribution in [1.82, 2.24) is 0 Å². The molecule has 0 radical (unpaired) electrons. The topological polar surface area (TPSA) is 135 Å². The summed E-state index contributed by atoms with van der Waals surface area (Å²) in [6, 6.07) is 13.5. The summed E-state index contributed by atoms with van der Waals surface area (Å²) in [4.78, 5) is 2.75. The molecule has 0 aromatic heterocycles. The number of aliphatic hydroxyl groups is 2. The minimum atomic E-state index is -1.44. The molecule has 0 spiro atoms. The fraction of sp³-hybridized carbons (Fsp3) is 0.455. The zero-order valence-electron chi connectivity index (χ0n) is 17.9. The molecule has 10 heteroatoms. The fourth-order valence-corrected chi connectivity index (χ4v) is 3.36. The van der Waals surface area contributed by atoms with Crippen LogP contribution in [0, 0.1) is 0 Å². The van der Waals surface area contributed by atoms with E-state index in [2.05, 4.69) is 10.0 Å². The predicted octanol–water partition coefficient (Wildman–Crippen LogP) is 2.56. The van der Waals surface area contributed by atoms with Gasteiger partial charge in [0.15, 0.2) is 6.29 Å². The van der Waals surface area contributed by atoms with Gasteiger partial charge in [-0.2, -0.15) is 0 Å². The summed E-state index contributed by atoms with van der Waals surface area (Å²) in [6.45, 7) is 0.425. The van der Waals surface area contributed by atoms with Gasteiger partial charge in [0.25, 0.3) is 0 Å². The Balaban J connectivity index is 1.61. The van der Waals surface area contributed by atoms with Gasteiger partial charge in [-0.05, 0) is 40.9 Å². The SMILES string of the molecule is COc1ccc(COCC2O[C@@H](O)C(N=[N+]=[N-])C(OCc3ccc(OC)cc3)[C@@H]2O)cc1. The van der Waals surface area contributed by atoms with E-state index >= 15 is 0 Å². The van der Waals surface area contributed by atoms with Crippen LogP contribution in [0.2, 0.25) is 0 Å². The lowest BCUT2D eigenvalue weighted by molar-refractivity contribution is -0.262. The number of aliphatic hydroxyl groups excluding tert-OH is 2. The molecule has 172 valence electrons. The van der Waals surface area contributed by atoms with Crippen LogP contribution in [0.15, 0.2) is 53.6 Å². The summed E-state index contributed by atoms with van der Waals surface area (Å²) in [6.07, 6.45) is -4.46. The van der Waals surface area contributed by atoms with Gasteiger partial charge in [0.1, 0.15) is 29.7 Å². The number of hydrogen-bond acceptors (Lipinski definition) is 8. The number of benzene rings is 2. The van der Waals surface area contributed by atoms with Crippen molar-refractivity contribution in [3.63, 3.8) is 0 Å². The van der Waals surface area contributed by atoms with Crippen molar-refractivity contribution >= 4 is 0 Å². The second-order valence-corrected chi connectivity index (χ2v) is 7.24. The van der Waals surface area contributed by atoms with E-state index in [-0.39, 0.29) is 19.8 Å². The third kappa shape index (κ3) is 6.10. The number of ether oxygens (including phenoxy) is 5. The van der Waals surface area contributed by atoms with E-state index in [1.54, 1.807) is 26.4 Å². The average molecular weight is 445 g/mol. The first-order valence-electron chi connectivity index (χ1n) is 10.1. The van der Waals surface area contributed by atoms with Gasteiger partial charge in [0.05, 0.1) is 40.1 Å². The van der Waals surface area contributed by atoms with Gasteiger partial charge in [-0.1, -0.05) is 29.4 Å². The van der Waals surface area contributed by atoms with Crippen molar-refractivity contribution in [3.05, 3.63) is 70.1 Å². The van der Waals surface area contributed by atoms with E-state index in [0.717, 1.165) is 16.9 Å². The monoisotopic (exact) mass is 445 g/mol. The Morgan fingerprint density at radius 3 is 2.03 bits per heavy atom. The molecule has 5 atom stereocenters. The zero-order valence-corrected chi connectivity index (χ0v) is 17.9. The van der Waals surface area contributed by atoms with E-state index in [9.17, 15) is 10.2 Å². The lowest BCUT2D eigenvalue weighted by atomic mass is 9.97. The Hall–Kier alpha value is -2.85. The third-order valence-electron chi connectivity index (χ3n) is 5.16. The summed E-state index contributed by atoms with van der Waals surface area (Å²) in [5, 5.41) is 24.7. The Labute approximate surface area is 185 Å². The summed E-state index contributed by atoms with van der Waals surface area (Å²) < 4.78 is 27.2. The summed E-state index contributed by atoms with van der Waals surface area (Å²) in [5.74, 6) is 1.44. The highest BCUT2D eigenvalue weighted by Crippen LogP contribution is 2.27. The van der Waals surface area contributed by atoms with Crippen LogP contribution >= 0.6 is 0 Å². The second-order valence-electron chi connectivity index (χ2n) is 7.24. The maximum atomic E-state index is 10.8. The van der Waals surface area contributed by atoms with Gasteiger partial charge in [-0.15, -0.1) is 0 Å². The van der Waals surface area contributed by atoms with Gasteiger partial charge in [0.2, 0.25) is 0 Å². The molecular weight excluding hydrogens is 418 g/mol. The van der Waals surface area contributed by atoms with Crippen molar-refractivity contribution in [1.29, 1.82) is 0 Å². The van der Waals surface area contributed by atoms with Gasteiger partial charge in [0, 0.05) is 4.91 Å². The first-order chi connectivity index (χ1) is 15.5. The Morgan fingerprint density at radius 2 is 1.50 bits per heavy atom. The zero-order chi connectivity index (χ0) is 22.9. The van der Waals surface area contributed by atoms with Gasteiger partial charge >= 0.3 is 0 Å². The maximum Gasteiger partial charge on any atom is 0.166 e. The standard InChI is InChI=1S/C22H27N3O7/c1-28-16-7-3-14(4-8-16)11-30-13-18-20(26)21(19(24-25-23)22(27)32-18)31-12-15-5-9-17(29-2)10-6-15/h3-10,18-22,26-27H,11-13H2,1-2H3/t18?,19?,20-,21?,22-/m1/s1. The molecule has 0 bridgehead atoms. The highest BCUT2D eigenvalue weighted by Gasteiger charge is 2.45. The number of hydrogen-bond donors (Lipinski definition) is 2. The van der Waals surface area contributed by atoms with E-state index in [4.69, 9.17) is 29.2 Å². The van der Waals surface area contributed by atoms with Crippen LogP contribution in [0.5, 0.6) is 11.5 Å². The lowest BCUT2D eigenvalue weighted by Crippen LogP contribution is -2.58. The molecule has 3 rings (SSSR count). The highest BCUT2D eigenvalue weighted by molar-refractivity contribution is 5.27. The molecule has 0 amide bonds. The number of nitrogens with zero attached hydrogens (tertiary/aromatic N) is 3. The normalized spacial score (nSPS) is 25.1. The van der Waals surface area contributed by atoms with E-state index in [0.29, 0.717) is 5.75 Å². The van der Waals surface area contributed by atoms with Gasteiger partial charge in [-0.25, -0.2) is 0 Å². The molecule has 2 aromatic rings. The Kier molecular flexibility index (Phi) is 8.69. The molecule has 32 heavy (non-hydrogen) atoms. The molecule has 0 aliphatic carbocycles. The minimum absolute atomic E-state index is 0.00956. The second kappa shape index (κ2) is 11.7. The first kappa shape index (κ1) is 23.8. The molecule has 1 aliphatic heterocycles. The summed E-state index contributed by atoms with van der Waals surface area (Å²) in [5.41, 5.74) is 10.6. The minimum Gasteiger partial charge on any atom is -0.497 e. The lowest BCUT2D eigenvalue weighted by Gasteiger charge is -2.41. The Bertz CT molecular complexity index is 887. The number of methoxy groups -OCH3 is 2. The average Bonchev–Trinajstić information content (AvgIpc) is 2.82. The van der Waals surface area contributed by atoms with Crippen molar-refractivity contribution < 1.29 is 33.9 Å². The predicted molar refractivity (Wildman–Crippen MR) is 114 cm³/mol. The summed E-state index contributed by atoms with van der Waals surface area (Å²) in [7, 11) is 3.17. The van der Waals surface area contributed by atoms with E-state index in [1.165, 1.54) is 0 Å². The van der Waals surface area contributed by atoms with Crippen LogP contribution in [-0.2, 0) is 27.4 Å². The molecule has 1 saturated heterocycles. The smallest absolute Gasteiger partial charge is 0.166 e. The molecule has 10 nitrogen and oxygen atoms in total. The van der Waals surface area contributed by atoms with Crippen molar-refractivity contribution in [2.75, 3.05) is 20.8 Å². The molecule has 1 aliphatic rings. The van der Waals surface area contributed by atoms with Crippen molar-refractivity contribution in [3.8, 4) is 11.5 Å². The van der Waals surface area contributed by atoms with Crippen LogP contribution < -0.4 is 9.47 Å². The summed E-state index contributed by atoms with van der Waals surface area (Å²) >= 11 is 0. The van der Waals surface area contributed by atoms with E-state index < -0.39 is 30.6 Å². The van der Waals surface area contributed by atoms with Crippen molar-refractivity contribution in [2.45, 2.75) is 43.9 Å². The van der Waals surface area contributed by atoms with Crippen molar-refractivity contribution in [2.24, 2.45) is 5.11 Å². The van der Waals surface area contributed by atoms with Crippen LogP contribution in [-0.4, -0.2) is 61.7 Å².